The third-order valence-corrected chi connectivity index (χ3v) is 6.76. The van der Waals surface area contributed by atoms with Crippen molar-refractivity contribution in [3.05, 3.63) is 0 Å². The van der Waals surface area contributed by atoms with Crippen LogP contribution in [-0.4, -0.2) is 23.2 Å². The van der Waals surface area contributed by atoms with Gasteiger partial charge in [-0.15, -0.1) is 0 Å². The van der Waals surface area contributed by atoms with Gasteiger partial charge >= 0.3 is 0 Å². The summed E-state index contributed by atoms with van der Waals surface area (Å²) in [5, 5.41) is 7.77. The lowest BCUT2D eigenvalue weighted by atomic mass is 9.74. The van der Waals surface area contributed by atoms with Crippen LogP contribution in [0.4, 0.5) is 0 Å². The summed E-state index contributed by atoms with van der Waals surface area (Å²) in [5.41, 5.74) is 0.634. The lowest BCUT2D eigenvalue weighted by Crippen LogP contribution is -2.54. The van der Waals surface area contributed by atoms with Gasteiger partial charge in [0.25, 0.3) is 0 Å². The second kappa shape index (κ2) is 8.30. The van der Waals surface area contributed by atoms with Gasteiger partial charge in [0.2, 0.25) is 0 Å². The molecule has 25 heavy (non-hydrogen) atoms. The van der Waals surface area contributed by atoms with E-state index in [1.165, 1.54) is 44.9 Å². The molecule has 0 saturated carbocycles. The van der Waals surface area contributed by atoms with Gasteiger partial charge in [-0.25, -0.2) is 0 Å². The van der Waals surface area contributed by atoms with Crippen LogP contribution in [0.15, 0.2) is 0 Å². The Morgan fingerprint density at radius 1 is 0.720 bits per heavy atom. The van der Waals surface area contributed by atoms with Crippen molar-refractivity contribution in [2.45, 2.75) is 123 Å². The van der Waals surface area contributed by atoms with Crippen molar-refractivity contribution in [2.75, 3.05) is 0 Å². The first kappa shape index (κ1) is 21.2. The predicted octanol–water partition coefficient (Wildman–Crippen LogP) is 5.76. The fourth-order valence-corrected chi connectivity index (χ4v) is 5.58. The van der Waals surface area contributed by atoms with E-state index < -0.39 is 0 Å². The molecule has 0 radical (unpaired) electrons. The molecule has 2 N–H and O–H groups in total. The fourth-order valence-electron chi connectivity index (χ4n) is 5.58. The zero-order valence-corrected chi connectivity index (χ0v) is 18.4. The maximum Gasteiger partial charge on any atom is 0.0130 e. The highest BCUT2D eigenvalue weighted by Crippen LogP contribution is 2.36. The van der Waals surface area contributed by atoms with Crippen LogP contribution >= 0.6 is 0 Å². The van der Waals surface area contributed by atoms with E-state index in [4.69, 9.17) is 0 Å². The van der Waals surface area contributed by atoms with Crippen LogP contribution in [0.25, 0.3) is 0 Å². The van der Waals surface area contributed by atoms with Gasteiger partial charge in [-0.2, -0.15) is 0 Å². The topological polar surface area (TPSA) is 24.1 Å². The minimum atomic E-state index is 0.317. The van der Waals surface area contributed by atoms with Crippen molar-refractivity contribution >= 4 is 0 Å². The molecule has 2 nitrogen and oxygen atoms in total. The average Bonchev–Trinajstić information content (AvgIpc) is 2.43. The van der Waals surface area contributed by atoms with E-state index in [-0.39, 0.29) is 0 Å². The molecule has 2 aliphatic rings. The second-order valence-corrected chi connectivity index (χ2v) is 11.3. The Morgan fingerprint density at radius 3 is 1.40 bits per heavy atom. The summed E-state index contributed by atoms with van der Waals surface area (Å²) >= 11 is 0. The van der Waals surface area contributed by atoms with Crippen molar-refractivity contribution < 1.29 is 0 Å². The van der Waals surface area contributed by atoms with Gasteiger partial charge in [0.15, 0.2) is 0 Å². The molecular formula is C23H46N2. The standard InChI is InChI=1S/C23H46N2/c1-16(2)20-12-18(14-22(5,6)24-20)10-9-11-19-13-21(17(3)4)25-23(7,8)15-19/h16-21,24-25H,9-15H2,1-8H3. The summed E-state index contributed by atoms with van der Waals surface area (Å²) < 4.78 is 0. The van der Waals surface area contributed by atoms with Crippen molar-refractivity contribution in [3.63, 3.8) is 0 Å². The Hall–Kier alpha value is -0.0800. The van der Waals surface area contributed by atoms with E-state index in [2.05, 4.69) is 66.0 Å². The molecule has 2 saturated heterocycles. The monoisotopic (exact) mass is 350 g/mol. The molecule has 4 atom stereocenters. The van der Waals surface area contributed by atoms with Gasteiger partial charge in [-0.1, -0.05) is 47.0 Å². The van der Waals surface area contributed by atoms with E-state index in [1.54, 1.807) is 0 Å². The van der Waals surface area contributed by atoms with Crippen LogP contribution in [0, 0.1) is 23.7 Å². The summed E-state index contributed by atoms with van der Waals surface area (Å²) in [6.07, 6.45) is 9.76. The highest BCUT2D eigenvalue weighted by Gasteiger charge is 2.36. The molecule has 2 fully saturated rings. The molecule has 2 heterocycles. The molecule has 0 aromatic carbocycles. The van der Waals surface area contributed by atoms with Gasteiger partial charge in [0.05, 0.1) is 0 Å². The second-order valence-electron chi connectivity index (χ2n) is 11.3. The van der Waals surface area contributed by atoms with Crippen molar-refractivity contribution in [1.29, 1.82) is 0 Å². The lowest BCUT2D eigenvalue weighted by molar-refractivity contribution is 0.129. The zero-order valence-electron chi connectivity index (χ0n) is 18.4. The van der Waals surface area contributed by atoms with E-state index in [1.807, 2.05) is 0 Å². The number of hydrogen-bond acceptors (Lipinski definition) is 2. The molecule has 148 valence electrons. The van der Waals surface area contributed by atoms with Crippen LogP contribution in [0.3, 0.4) is 0 Å². The highest BCUT2D eigenvalue weighted by atomic mass is 15.0. The van der Waals surface area contributed by atoms with Gasteiger partial charge in [0.1, 0.15) is 0 Å². The molecule has 0 bridgehead atoms. The molecule has 4 unspecified atom stereocenters. The first-order chi connectivity index (χ1) is 11.5. The smallest absolute Gasteiger partial charge is 0.0130 e. The summed E-state index contributed by atoms with van der Waals surface area (Å²) in [6.45, 7) is 19.1. The first-order valence-corrected chi connectivity index (χ1v) is 11.0. The van der Waals surface area contributed by atoms with Gasteiger partial charge in [-0.3, -0.25) is 0 Å². The molecule has 0 spiro atoms. The molecule has 0 aromatic rings. The number of rotatable bonds is 6. The number of nitrogens with one attached hydrogen (secondary N) is 2. The predicted molar refractivity (Wildman–Crippen MR) is 111 cm³/mol. The third-order valence-electron chi connectivity index (χ3n) is 6.76. The summed E-state index contributed by atoms with van der Waals surface area (Å²) in [4.78, 5) is 0. The highest BCUT2D eigenvalue weighted by molar-refractivity contribution is 4.94. The van der Waals surface area contributed by atoms with Gasteiger partial charge in [0, 0.05) is 23.2 Å². The van der Waals surface area contributed by atoms with E-state index in [9.17, 15) is 0 Å². The van der Waals surface area contributed by atoms with E-state index in [0.29, 0.717) is 23.2 Å². The fraction of sp³-hybridized carbons (Fsp3) is 1.00. The van der Waals surface area contributed by atoms with Crippen molar-refractivity contribution in [1.82, 2.24) is 10.6 Å². The Bertz CT molecular complexity index is 372. The SMILES string of the molecule is CC(C)C1CC(CCCC2CC(C(C)C)NC(C)(C)C2)CC(C)(C)N1. The molecule has 0 aromatic heterocycles. The lowest BCUT2D eigenvalue weighted by Gasteiger charge is -2.44. The Balaban J connectivity index is 1.83. The van der Waals surface area contributed by atoms with Gasteiger partial charge < -0.3 is 10.6 Å². The Labute approximate surface area is 158 Å². The normalized spacial score (nSPS) is 35.3. The molecule has 0 amide bonds. The zero-order chi connectivity index (χ0) is 18.8. The summed E-state index contributed by atoms with van der Waals surface area (Å²) in [6, 6.07) is 1.41. The maximum atomic E-state index is 3.88. The number of piperidine rings is 2. The molecular weight excluding hydrogens is 304 g/mol. The van der Waals surface area contributed by atoms with Crippen LogP contribution in [0.1, 0.15) is 100 Å². The van der Waals surface area contributed by atoms with Crippen molar-refractivity contribution in [3.8, 4) is 0 Å². The Morgan fingerprint density at radius 2 is 1.08 bits per heavy atom. The average molecular weight is 351 g/mol. The minimum absolute atomic E-state index is 0.317. The minimum Gasteiger partial charge on any atom is -0.309 e. The third kappa shape index (κ3) is 6.54. The molecule has 0 aliphatic carbocycles. The van der Waals surface area contributed by atoms with Crippen molar-refractivity contribution in [2.24, 2.45) is 23.7 Å². The van der Waals surface area contributed by atoms with Crippen LogP contribution in [-0.2, 0) is 0 Å². The van der Waals surface area contributed by atoms with Crippen LogP contribution < -0.4 is 10.6 Å². The summed E-state index contributed by atoms with van der Waals surface area (Å²) in [7, 11) is 0. The first-order valence-electron chi connectivity index (χ1n) is 11.0. The molecule has 2 rings (SSSR count). The number of hydrogen-bond donors (Lipinski definition) is 2. The van der Waals surface area contributed by atoms with Crippen LogP contribution in [0.5, 0.6) is 0 Å². The van der Waals surface area contributed by atoms with E-state index >= 15 is 0 Å². The van der Waals surface area contributed by atoms with Crippen LogP contribution in [0.2, 0.25) is 0 Å². The molecule has 2 heteroatoms. The maximum absolute atomic E-state index is 3.88. The largest absolute Gasteiger partial charge is 0.309 e. The Kier molecular flexibility index (Phi) is 7.04. The van der Waals surface area contributed by atoms with E-state index in [0.717, 1.165) is 23.7 Å². The van der Waals surface area contributed by atoms with Gasteiger partial charge in [-0.05, 0) is 77.0 Å². The summed E-state index contributed by atoms with van der Waals surface area (Å²) in [5.74, 6) is 3.33. The molecule has 2 aliphatic heterocycles. The quantitative estimate of drug-likeness (QED) is 0.636.